The minimum atomic E-state index is -0.355. The summed E-state index contributed by atoms with van der Waals surface area (Å²) in [6.07, 6.45) is 0. The molecule has 0 bridgehead atoms. The van der Waals surface area contributed by atoms with Crippen LogP contribution in [0.5, 0.6) is 0 Å². The van der Waals surface area contributed by atoms with Crippen LogP contribution in [-0.2, 0) is 9.53 Å². The van der Waals surface area contributed by atoms with E-state index in [2.05, 4.69) is 17.5 Å². The van der Waals surface area contributed by atoms with E-state index in [-0.39, 0.29) is 12.5 Å². The number of nitrogens with one attached hydrogen (secondary N) is 1. The highest BCUT2D eigenvalue weighted by atomic mass is 16.5. The predicted molar refractivity (Wildman–Crippen MR) is 78.5 cm³/mol. The van der Waals surface area contributed by atoms with Crippen molar-refractivity contribution in [2.24, 2.45) is 0 Å². The van der Waals surface area contributed by atoms with Crippen LogP contribution in [0.15, 0.2) is 30.3 Å². The molecule has 0 aliphatic heterocycles. The first-order valence-electron chi connectivity index (χ1n) is 6.46. The quantitative estimate of drug-likeness (QED) is 0.869. The molecule has 0 aromatic heterocycles. The minimum Gasteiger partial charge on any atom is -0.465 e. The molecule has 1 N–H and O–H groups in total. The number of nitrogens with zero attached hydrogens (tertiary/aromatic N) is 2. The molecular weight excluding hydrogens is 266 g/mol. The Hall–Kier alpha value is -3.05. The van der Waals surface area contributed by atoms with Crippen LogP contribution < -0.4 is 5.32 Å². The van der Waals surface area contributed by atoms with E-state index < -0.39 is 0 Å². The number of hydrogen-bond acceptors (Lipinski definition) is 5. The summed E-state index contributed by atoms with van der Waals surface area (Å²) in [7, 11) is 0. The average molecular weight is 279 g/mol. The molecule has 0 atom stereocenters. The van der Waals surface area contributed by atoms with E-state index in [1.807, 2.05) is 6.07 Å². The predicted octanol–water partition coefficient (Wildman–Crippen LogP) is 2.56. The molecule has 0 spiro atoms. The molecular formula is C16H13N3O2. The van der Waals surface area contributed by atoms with Gasteiger partial charge in [0.25, 0.3) is 0 Å². The highest BCUT2D eigenvalue weighted by Gasteiger charge is 2.11. The lowest BCUT2D eigenvalue weighted by molar-refractivity contribution is -0.140. The van der Waals surface area contributed by atoms with Gasteiger partial charge in [0.2, 0.25) is 0 Å². The largest absolute Gasteiger partial charge is 0.465 e. The Morgan fingerprint density at radius 1 is 1.19 bits per heavy atom. The van der Waals surface area contributed by atoms with Crippen molar-refractivity contribution >= 4 is 22.4 Å². The van der Waals surface area contributed by atoms with E-state index in [9.17, 15) is 15.3 Å². The van der Waals surface area contributed by atoms with E-state index in [4.69, 9.17) is 4.74 Å². The number of anilines is 1. The van der Waals surface area contributed by atoms with Gasteiger partial charge in [-0.15, -0.1) is 0 Å². The molecule has 2 aromatic rings. The van der Waals surface area contributed by atoms with E-state index in [0.29, 0.717) is 28.8 Å². The zero-order chi connectivity index (χ0) is 15.2. The first-order chi connectivity index (χ1) is 10.2. The zero-order valence-corrected chi connectivity index (χ0v) is 11.5. The minimum absolute atomic E-state index is 0.0334. The molecule has 0 fully saturated rings. The second kappa shape index (κ2) is 6.40. The molecule has 0 unspecified atom stereocenters. The van der Waals surface area contributed by atoms with E-state index in [1.54, 1.807) is 31.2 Å². The molecule has 0 amide bonds. The Kier molecular flexibility index (Phi) is 4.38. The van der Waals surface area contributed by atoms with Crippen molar-refractivity contribution in [2.45, 2.75) is 6.92 Å². The summed E-state index contributed by atoms with van der Waals surface area (Å²) in [5.41, 5.74) is 1.56. The van der Waals surface area contributed by atoms with E-state index >= 15 is 0 Å². The molecule has 0 aliphatic rings. The maximum absolute atomic E-state index is 11.4. The van der Waals surface area contributed by atoms with Crippen molar-refractivity contribution in [1.29, 1.82) is 10.5 Å². The van der Waals surface area contributed by atoms with Crippen LogP contribution in [0.3, 0.4) is 0 Å². The lowest BCUT2D eigenvalue weighted by Gasteiger charge is -2.11. The average Bonchev–Trinajstić information content (AvgIpc) is 2.52. The van der Waals surface area contributed by atoms with Crippen molar-refractivity contribution in [2.75, 3.05) is 18.5 Å². The monoisotopic (exact) mass is 279 g/mol. The van der Waals surface area contributed by atoms with Crippen LogP contribution in [0.4, 0.5) is 5.69 Å². The standard InChI is InChI=1S/C16H13N3O2/c1-2-21-15(20)10-19-14-7-6-12(9-18)16-11(8-17)4-3-5-13(14)16/h3-7,19H,2,10H2,1H3. The van der Waals surface area contributed by atoms with Crippen molar-refractivity contribution in [3.05, 3.63) is 41.5 Å². The molecule has 0 radical (unpaired) electrons. The highest BCUT2D eigenvalue weighted by molar-refractivity contribution is 6.01. The first-order valence-corrected chi connectivity index (χ1v) is 6.46. The number of nitriles is 2. The first kappa shape index (κ1) is 14.4. The smallest absolute Gasteiger partial charge is 0.325 e. The van der Waals surface area contributed by atoms with Crippen LogP contribution in [0.2, 0.25) is 0 Å². The van der Waals surface area contributed by atoms with Crippen LogP contribution in [0.25, 0.3) is 10.8 Å². The topological polar surface area (TPSA) is 85.9 Å². The molecule has 5 nitrogen and oxygen atoms in total. The molecule has 0 heterocycles. The van der Waals surface area contributed by atoms with Gasteiger partial charge in [-0.1, -0.05) is 12.1 Å². The summed E-state index contributed by atoms with van der Waals surface area (Å²) < 4.78 is 4.86. The summed E-state index contributed by atoms with van der Waals surface area (Å²) in [6.45, 7) is 2.10. The summed E-state index contributed by atoms with van der Waals surface area (Å²) in [6, 6.07) is 12.8. The van der Waals surface area contributed by atoms with Gasteiger partial charge < -0.3 is 10.1 Å². The van der Waals surface area contributed by atoms with Gasteiger partial charge in [0.15, 0.2) is 0 Å². The summed E-state index contributed by atoms with van der Waals surface area (Å²) in [5.74, 6) is -0.355. The van der Waals surface area contributed by atoms with Gasteiger partial charge in [-0.25, -0.2) is 0 Å². The van der Waals surface area contributed by atoms with Gasteiger partial charge >= 0.3 is 5.97 Å². The Morgan fingerprint density at radius 2 is 1.90 bits per heavy atom. The fourth-order valence-electron chi connectivity index (χ4n) is 2.13. The number of hydrogen-bond donors (Lipinski definition) is 1. The van der Waals surface area contributed by atoms with Gasteiger partial charge in [0.1, 0.15) is 6.54 Å². The number of benzene rings is 2. The van der Waals surface area contributed by atoms with Crippen molar-refractivity contribution < 1.29 is 9.53 Å². The van der Waals surface area contributed by atoms with Crippen molar-refractivity contribution in [3.8, 4) is 12.1 Å². The fourth-order valence-corrected chi connectivity index (χ4v) is 2.13. The third-order valence-corrected chi connectivity index (χ3v) is 3.01. The number of carbonyl (C=O) groups excluding carboxylic acids is 1. The number of fused-ring (bicyclic) bond motifs is 1. The van der Waals surface area contributed by atoms with Gasteiger partial charge in [-0.2, -0.15) is 10.5 Å². The van der Waals surface area contributed by atoms with E-state index in [0.717, 1.165) is 5.39 Å². The van der Waals surface area contributed by atoms with Crippen LogP contribution >= 0.6 is 0 Å². The van der Waals surface area contributed by atoms with Crippen molar-refractivity contribution in [3.63, 3.8) is 0 Å². The summed E-state index contributed by atoms with van der Waals surface area (Å²) >= 11 is 0. The van der Waals surface area contributed by atoms with Crippen LogP contribution in [-0.4, -0.2) is 19.1 Å². The Morgan fingerprint density at radius 3 is 2.57 bits per heavy atom. The van der Waals surface area contributed by atoms with Gasteiger partial charge in [-0.3, -0.25) is 4.79 Å². The van der Waals surface area contributed by atoms with Gasteiger partial charge in [-0.05, 0) is 25.1 Å². The molecule has 0 aliphatic carbocycles. The number of esters is 1. The number of carbonyl (C=O) groups is 1. The Bertz CT molecular complexity index is 749. The second-order valence-corrected chi connectivity index (χ2v) is 4.27. The van der Waals surface area contributed by atoms with Gasteiger partial charge in [0, 0.05) is 16.5 Å². The zero-order valence-electron chi connectivity index (χ0n) is 11.5. The molecule has 104 valence electrons. The normalized spacial score (nSPS) is 9.67. The highest BCUT2D eigenvalue weighted by Crippen LogP contribution is 2.29. The Balaban J connectivity index is 2.46. The third-order valence-electron chi connectivity index (χ3n) is 3.01. The Labute approximate surface area is 122 Å². The maximum Gasteiger partial charge on any atom is 0.325 e. The van der Waals surface area contributed by atoms with Crippen LogP contribution in [0, 0.1) is 22.7 Å². The molecule has 2 rings (SSSR count). The van der Waals surface area contributed by atoms with Crippen LogP contribution in [0.1, 0.15) is 18.1 Å². The van der Waals surface area contributed by atoms with Gasteiger partial charge in [0.05, 0.1) is 29.9 Å². The summed E-state index contributed by atoms with van der Waals surface area (Å²) in [5, 5.41) is 22.7. The molecule has 5 heteroatoms. The number of rotatable bonds is 4. The fraction of sp³-hybridized carbons (Fsp3) is 0.188. The third kappa shape index (κ3) is 2.93. The number of ether oxygens (including phenoxy) is 1. The molecule has 2 aromatic carbocycles. The maximum atomic E-state index is 11.4. The lowest BCUT2D eigenvalue weighted by atomic mass is 9.99. The van der Waals surface area contributed by atoms with Crippen molar-refractivity contribution in [1.82, 2.24) is 0 Å². The second-order valence-electron chi connectivity index (χ2n) is 4.27. The van der Waals surface area contributed by atoms with E-state index in [1.165, 1.54) is 0 Å². The lowest BCUT2D eigenvalue weighted by Crippen LogP contribution is -2.16. The SMILES string of the molecule is CCOC(=O)CNc1ccc(C#N)c2c(C#N)cccc12. The molecule has 0 saturated heterocycles. The summed E-state index contributed by atoms with van der Waals surface area (Å²) in [4.78, 5) is 11.4. The molecule has 21 heavy (non-hydrogen) atoms. The molecule has 0 saturated carbocycles.